The summed E-state index contributed by atoms with van der Waals surface area (Å²) in [7, 11) is -16.8. The van der Waals surface area contributed by atoms with E-state index in [1.807, 2.05) is 0 Å². The summed E-state index contributed by atoms with van der Waals surface area (Å²) in [6, 6.07) is 0. The summed E-state index contributed by atoms with van der Waals surface area (Å²) >= 11 is 5.08. The van der Waals surface area contributed by atoms with E-state index in [0.717, 1.165) is 6.92 Å². The van der Waals surface area contributed by atoms with Crippen LogP contribution < -0.4 is 5.73 Å². The van der Waals surface area contributed by atoms with Crippen LogP contribution in [0.1, 0.15) is 20.1 Å². The molecule has 0 aromatic carbocycles. The molecule has 0 bridgehead atoms. The Hall–Kier alpha value is -1.14. The van der Waals surface area contributed by atoms with E-state index in [0.29, 0.717) is 0 Å². The number of aromatic nitrogens is 4. The third-order valence-corrected chi connectivity index (χ3v) is 9.04. The van der Waals surface area contributed by atoms with Gasteiger partial charge in [0, 0.05) is 0 Å². The van der Waals surface area contributed by atoms with Gasteiger partial charge < -0.3 is 45.2 Å². The van der Waals surface area contributed by atoms with E-state index in [2.05, 4.69) is 28.1 Å². The van der Waals surface area contributed by atoms with Gasteiger partial charge in [0.25, 0.3) is 0 Å². The molecule has 1 saturated heterocycles. The zero-order valence-electron chi connectivity index (χ0n) is 17.1. The quantitative estimate of drug-likeness (QED) is 0.151. The van der Waals surface area contributed by atoms with E-state index in [1.54, 1.807) is 0 Å². The van der Waals surface area contributed by atoms with E-state index in [9.17, 15) is 33.7 Å². The molecular formula is C12H20N5O13P3S. The Bertz CT molecular complexity index is 1300. The molecule has 2 aromatic heterocycles. The fourth-order valence-electron chi connectivity index (χ4n) is 3.13. The standard InChI is InChI=1S/C12H20N5O13P3S/c1-11(18)5(3-27-32(23,24)30-33(25,26)29-31(20,21)22)28-9(12(11,2)19)17-4-14-6-7(17)15-10(13)16-8(6)34/h4-5,9,18-19H,3H2,1-2H3,(H,23,24)(H,25,26)(H2,20,21,22)(H3,13,15,16,34)/t5-,9-,11-,12+/m1/s1. The first-order valence-electron chi connectivity index (χ1n) is 8.87. The highest BCUT2D eigenvalue weighted by Crippen LogP contribution is 2.66. The first-order valence-corrected chi connectivity index (χ1v) is 13.8. The first kappa shape index (κ1) is 27.4. The third-order valence-electron chi connectivity index (χ3n) is 4.95. The molecule has 0 saturated carbocycles. The number of H-pyrrole nitrogens is 1. The van der Waals surface area contributed by atoms with Crippen LogP contribution in [-0.2, 0) is 31.6 Å². The van der Waals surface area contributed by atoms with Gasteiger partial charge in [-0.2, -0.15) is 8.62 Å². The van der Waals surface area contributed by atoms with Gasteiger partial charge in [0.2, 0.25) is 0 Å². The van der Waals surface area contributed by atoms with E-state index in [1.165, 1.54) is 17.8 Å². The number of nitrogens with one attached hydrogen (secondary N) is 1. The number of fused-ring (bicyclic) bond motifs is 1. The molecule has 34 heavy (non-hydrogen) atoms. The van der Waals surface area contributed by atoms with Crippen LogP contribution in [0.2, 0.25) is 0 Å². The Labute approximate surface area is 194 Å². The molecule has 0 spiro atoms. The fourth-order valence-corrected chi connectivity index (χ4v) is 6.40. The van der Waals surface area contributed by atoms with Crippen LogP contribution in [0.3, 0.4) is 0 Å². The van der Waals surface area contributed by atoms with Crippen LogP contribution >= 0.6 is 35.7 Å². The Morgan fingerprint density at radius 1 is 1.18 bits per heavy atom. The van der Waals surface area contributed by atoms with Crippen molar-refractivity contribution in [3.63, 3.8) is 0 Å². The summed E-state index contributed by atoms with van der Waals surface area (Å²) in [5, 5.41) is 22.0. The SMILES string of the molecule is C[C@]1(O)[C@H](n2cnc3c(=S)nc(N)[nH]c32)O[C@H](COP(=O)(O)OP(=O)(O)OP(=O)(O)O)[C@@]1(C)O. The van der Waals surface area contributed by atoms with Gasteiger partial charge in [-0.25, -0.2) is 23.7 Å². The number of ether oxygens (including phenoxy) is 1. The first-order chi connectivity index (χ1) is 15.3. The van der Waals surface area contributed by atoms with Crippen LogP contribution in [0.4, 0.5) is 5.95 Å². The molecule has 192 valence electrons. The molecule has 18 nitrogen and oxygen atoms in total. The van der Waals surface area contributed by atoms with Gasteiger partial charge in [-0.1, -0.05) is 12.2 Å². The van der Waals surface area contributed by atoms with Crippen LogP contribution in [0.25, 0.3) is 11.2 Å². The van der Waals surface area contributed by atoms with Gasteiger partial charge in [0.05, 0.1) is 12.9 Å². The Morgan fingerprint density at radius 3 is 2.38 bits per heavy atom. The van der Waals surface area contributed by atoms with Crippen molar-refractivity contribution in [3.05, 3.63) is 11.0 Å². The highest BCUT2D eigenvalue weighted by atomic mass is 32.1. The lowest BCUT2D eigenvalue weighted by molar-refractivity contribution is -0.134. The predicted molar refractivity (Wildman–Crippen MR) is 112 cm³/mol. The molecule has 22 heteroatoms. The average molecular weight is 567 g/mol. The molecule has 0 radical (unpaired) electrons. The molecular weight excluding hydrogens is 547 g/mol. The van der Waals surface area contributed by atoms with Gasteiger partial charge >= 0.3 is 23.5 Å². The van der Waals surface area contributed by atoms with E-state index >= 15 is 0 Å². The average Bonchev–Trinajstić information content (AvgIpc) is 3.08. The Kier molecular flexibility index (Phi) is 7.07. The topological polar surface area (TPSA) is 282 Å². The summed E-state index contributed by atoms with van der Waals surface area (Å²) in [6.07, 6.45) is -1.75. The Balaban J connectivity index is 1.84. The zero-order chi connectivity index (χ0) is 25.9. The number of anilines is 1. The number of aromatic amines is 1. The molecule has 9 N–H and O–H groups in total. The van der Waals surface area contributed by atoms with Crippen LogP contribution in [0, 0.1) is 4.64 Å². The predicted octanol–water partition coefficient (Wildman–Crippen LogP) is -0.186. The van der Waals surface area contributed by atoms with E-state index in [-0.39, 0.29) is 21.8 Å². The van der Waals surface area contributed by atoms with Crippen molar-refractivity contribution in [2.75, 3.05) is 12.3 Å². The summed E-state index contributed by atoms with van der Waals surface area (Å²) in [5.74, 6) is -0.0761. The normalized spacial score (nSPS) is 31.4. The highest BCUT2D eigenvalue weighted by molar-refractivity contribution is 7.71. The van der Waals surface area contributed by atoms with Crippen molar-refractivity contribution in [1.82, 2.24) is 19.5 Å². The minimum Gasteiger partial charge on any atom is -0.384 e. The number of hydrogen-bond donors (Lipinski definition) is 8. The number of imidazole rings is 1. The summed E-state index contributed by atoms with van der Waals surface area (Å²) in [6.45, 7) is 1.30. The lowest BCUT2D eigenvalue weighted by atomic mass is 9.83. The molecule has 2 aromatic rings. The maximum atomic E-state index is 12.0. The number of phosphoric acid groups is 3. The molecule has 1 aliphatic heterocycles. The second-order valence-electron chi connectivity index (χ2n) is 7.44. The third kappa shape index (κ3) is 5.48. The lowest BCUT2D eigenvalue weighted by Gasteiger charge is -2.35. The fraction of sp³-hybridized carbons (Fsp3) is 0.583. The number of aliphatic hydroxyl groups is 2. The lowest BCUT2D eigenvalue weighted by Crippen LogP contribution is -2.54. The molecule has 1 fully saturated rings. The van der Waals surface area contributed by atoms with Gasteiger partial charge in [-0.15, -0.1) is 0 Å². The monoisotopic (exact) mass is 567 g/mol. The Morgan fingerprint density at radius 2 is 1.79 bits per heavy atom. The summed E-state index contributed by atoms with van der Waals surface area (Å²) < 4.78 is 52.8. The highest BCUT2D eigenvalue weighted by Gasteiger charge is 2.62. The van der Waals surface area contributed by atoms with Crippen molar-refractivity contribution in [2.45, 2.75) is 37.4 Å². The van der Waals surface area contributed by atoms with Crippen LogP contribution in [0.5, 0.6) is 0 Å². The van der Waals surface area contributed by atoms with Gasteiger partial charge in [0.15, 0.2) is 16.8 Å². The second-order valence-corrected chi connectivity index (χ2v) is 12.2. The van der Waals surface area contributed by atoms with Crippen molar-refractivity contribution in [3.8, 4) is 0 Å². The number of nitrogens with two attached hydrogens (primary N) is 1. The van der Waals surface area contributed by atoms with Gasteiger partial charge in [-0.3, -0.25) is 9.09 Å². The molecule has 0 aliphatic carbocycles. The van der Waals surface area contributed by atoms with E-state index in [4.69, 9.17) is 32.5 Å². The maximum Gasteiger partial charge on any atom is 0.490 e. The maximum absolute atomic E-state index is 12.0. The molecule has 2 unspecified atom stereocenters. The zero-order valence-corrected chi connectivity index (χ0v) is 20.6. The van der Waals surface area contributed by atoms with Crippen LogP contribution in [0.15, 0.2) is 6.33 Å². The number of hydrogen-bond acceptors (Lipinski definition) is 13. The largest absolute Gasteiger partial charge is 0.490 e. The molecule has 1 aliphatic rings. The molecule has 3 rings (SSSR count). The van der Waals surface area contributed by atoms with Gasteiger partial charge in [-0.05, 0) is 13.8 Å². The van der Waals surface area contributed by atoms with Crippen molar-refractivity contribution in [1.29, 1.82) is 0 Å². The second kappa shape index (κ2) is 8.76. The van der Waals surface area contributed by atoms with Crippen LogP contribution in [-0.4, -0.2) is 73.2 Å². The molecule has 0 amide bonds. The minimum absolute atomic E-state index is 0.0404. The van der Waals surface area contributed by atoms with Crippen molar-refractivity contribution < 1.29 is 61.4 Å². The van der Waals surface area contributed by atoms with Crippen molar-refractivity contribution in [2.24, 2.45) is 0 Å². The number of rotatable bonds is 8. The van der Waals surface area contributed by atoms with Gasteiger partial charge in [0.1, 0.15) is 28.5 Å². The van der Waals surface area contributed by atoms with E-state index < -0.39 is 53.6 Å². The summed E-state index contributed by atoms with van der Waals surface area (Å²) in [5.41, 5.74) is 1.76. The molecule has 3 heterocycles. The number of nitrogen functional groups attached to an aromatic ring is 1. The minimum atomic E-state index is -5.74. The summed E-state index contributed by atoms with van der Waals surface area (Å²) in [4.78, 5) is 46.6. The number of phosphoric ester groups is 1. The smallest absolute Gasteiger partial charge is 0.384 e. The number of nitrogens with zero attached hydrogens (tertiary/aromatic N) is 3. The molecule has 6 atom stereocenters. The van der Waals surface area contributed by atoms with Crippen molar-refractivity contribution >= 4 is 52.8 Å².